The fourth-order valence-electron chi connectivity index (χ4n) is 3.13. The van der Waals surface area contributed by atoms with Crippen LogP contribution >= 0.6 is 11.8 Å². The monoisotopic (exact) mass is 380 g/mol. The highest BCUT2D eigenvalue weighted by Crippen LogP contribution is 2.29. The Kier molecular flexibility index (Phi) is 4.64. The number of rotatable bonds is 5. The van der Waals surface area contributed by atoms with Crippen molar-refractivity contribution < 1.29 is 9.72 Å². The van der Waals surface area contributed by atoms with E-state index in [-0.39, 0.29) is 17.3 Å². The standard InChI is InChI=1S/C19H16N4O3S/c24-18(22-11-9-14-3-1-2-4-17(14)22)13-27-19-20-10-12-21(19)15-5-7-16(8-6-15)23(25)26/h1-8,10,12H,9,11,13H2. The Morgan fingerprint density at radius 1 is 1.19 bits per heavy atom. The molecule has 0 aliphatic carbocycles. The van der Waals surface area contributed by atoms with Crippen molar-refractivity contribution >= 4 is 29.0 Å². The number of nitrogens with zero attached hydrogens (tertiary/aromatic N) is 4. The molecule has 8 heteroatoms. The van der Waals surface area contributed by atoms with Crippen LogP contribution in [0.2, 0.25) is 0 Å². The number of non-ortho nitro benzene ring substituents is 1. The van der Waals surface area contributed by atoms with E-state index in [1.54, 1.807) is 24.5 Å². The number of anilines is 1. The molecule has 1 aliphatic rings. The van der Waals surface area contributed by atoms with Crippen LogP contribution in [0.15, 0.2) is 66.1 Å². The van der Waals surface area contributed by atoms with Gasteiger partial charge in [-0.3, -0.25) is 19.5 Å². The van der Waals surface area contributed by atoms with E-state index in [2.05, 4.69) is 11.1 Å². The Bertz CT molecular complexity index is 1000. The summed E-state index contributed by atoms with van der Waals surface area (Å²) in [5.41, 5.74) is 2.99. The van der Waals surface area contributed by atoms with Crippen molar-refractivity contribution in [2.45, 2.75) is 11.6 Å². The number of hydrogen-bond donors (Lipinski definition) is 0. The highest BCUT2D eigenvalue weighted by molar-refractivity contribution is 7.99. The Morgan fingerprint density at radius 2 is 1.96 bits per heavy atom. The molecule has 1 aromatic heterocycles. The molecule has 27 heavy (non-hydrogen) atoms. The zero-order valence-electron chi connectivity index (χ0n) is 14.3. The number of amides is 1. The van der Waals surface area contributed by atoms with Gasteiger partial charge in [0.1, 0.15) is 0 Å². The third-order valence-corrected chi connectivity index (χ3v) is 5.41. The summed E-state index contributed by atoms with van der Waals surface area (Å²) in [6.07, 6.45) is 4.31. The molecular formula is C19H16N4O3S. The minimum absolute atomic E-state index is 0.0379. The predicted octanol–water partition coefficient (Wildman–Crippen LogP) is 3.46. The van der Waals surface area contributed by atoms with Crippen LogP contribution in [0.5, 0.6) is 0 Å². The van der Waals surface area contributed by atoms with Crippen molar-refractivity contribution in [2.24, 2.45) is 0 Å². The van der Waals surface area contributed by atoms with Crippen molar-refractivity contribution in [3.8, 4) is 5.69 Å². The summed E-state index contributed by atoms with van der Waals surface area (Å²) in [5, 5.41) is 11.5. The second-order valence-corrected chi connectivity index (χ2v) is 7.01. The largest absolute Gasteiger partial charge is 0.311 e. The Balaban J connectivity index is 1.46. The topological polar surface area (TPSA) is 81.3 Å². The molecule has 4 rings (SSSR count). The first-order valence-electron chi connectivity index (χ1n) is 8.43. The molecule has 0 radical (unpaired) electrons. The van der Waals surface area contributed by atoms with Crippen LogP contribution in [-0.4, -0.2) is 32.7 Å². The van der Waals surface area contributed by atoms with Gasteiger partial charge in [-0.25, -0.2) is 4.98 Å². The number of imidazole rings is 1. The minimum atomic E-state index is -0.431. The van der Waals surface area contributed by atoms with E-state index in [1.807, 2.05) is 27.7 Å². The van der Waals surface area contributed by atoms with E-state index >= 15 is 0 Å². The molecule has 0 bridgehead atoms. The van der Waals surface area contributed by atoms with Crippen molar-refractivity contribution in [3.63, 3.8) is 0 Å². The SMILES string of the molecule is O=C(CSc1nccn1-c1ccc([N+](=O)[O-])cc1)N1CCc2ccccc21. The summed E-state index contributed by atoms with van der Waals surface area (Å²) < 4.78 is 1.82. The highest BCUT2D eigenvalue weighted by Gasteiger charge is 2.24. The van der Waals surface area contributed by atoms with Crippen molar-refractivity contribution in [1.29, 1.82) is 0 Å². The Labute approximate surface area is 159 Å². The average molecular weight is 380 g/mol. The maximum atomic E-state index is 12.7. The molecule has 1 aliphatic heterocycles. The number of benzene rings is 2. The summed E-state index contributed by atoms with van der Waals surface area (Å²) in [7, 11) is 0. The van der Waals surface area contributed by atoms with E-state index in [9.17, 15) is 14.9 Å². The molecule has 0 saturated heterocycles. The number of nitro benzene ring substituents is 1. The minimum Gasteiger partial charge on any atom is -0.311 e. The molecular weight excluding hydrogens is 364 g/mol. The smallest absolute Gasteiger partial charge is 0.269 e. The van der Waals surface area contributed by atoms with Gasteiger partial charge in [0, 0.05) is 42.4 Å². The second-order valence-electron chi connectivity index (χ2n) is 6.07. The van der Waals surface area contributed by atoms with E-state index in [4.69, 9.17) is 0 Å². The van der Waals surface area contributed by atoms with Crippen LogP contribution in [0.1, 0.15) is 5.56 Å². The molecule has 0 saturated carbocycles. The van der Waals surface area contributed by atoms with Gasteiger partial charge in [0.15, 0.2) is 5.16 Å². The molecule has 2 aromatic carbocycles. The summed E-state index contributed by atoms with van der Waals surface area (Å²) >= 11 is 1.36. The van der Waals surface area contributed by atoms with Gasteiger partial charge in [-0.2, -0.15) is 0 Å². The van der Waals surface area contributed by atoms with Gasteiger partial charge in [0.05, 0.1) is 10.7 Å². The van der Waals surface area contributed by atoms with Gasteiger partial charge in [-0.1, -0.05) is 30.0 Å². The van der Waals surface area contributed by atoms with Gasteiger partial charge in [0.25, 0.3) is 5.69 Å². The third-order valence-electron chi connectivity index (χ3n) is 4.46. The number of carbonyl (C=O) groups excluding carboxylic acids is 1. The summed E-state index contributed by atoms with van der Waals surface area (Å²) in [6.45, 7) is 0.704. The lowest BCUT2D eigenvalue weighted by Gasteiger charge is -2.17. The van der Waals surface area contributed by atoms with Crippen LogP contribution in [0.3, 0.4) is 0 Å². The summed E-state index contributed by atoms with van der Waals surface area (Å²) in [6, 6.07) is 14.2. The fraction of sp³-hybridized carbons (Fsp3) is 0.158. The van der Waals surface area contributed by atoms with Gasteiger partial charge < -0.3 is 4.90 Å². The lowest BCUT2D eigenvalue weighted by molar-refractivity contribution is -0.384. The maximum Gasteiger partial charge on any atom is 0.269 e. The zero-order valence-corrected chi connectivity index (χ0v) is 15.1. The Morgan fingerprint density at radius 3 is 2.74 bits per heavy atom. The molecule has 7 nitrogen and oxygen atoms in total. The number of para-hydroxylation sites is 1. The Hall–Kier alpha value is -3.13. The maximum absolute atomic E-state index is 12.7. The zero-order chi connectivity index (χ0) is 18.8. The second kappa shape index (κ2) is 7.24. The normalized spacial score (nSPS) is 12.8. The van der Waals surface area contributed by atoms with Crippen LogP contribution < -0.4 is 4.90 Å². The molecule has 0 atom stereocenters. The van der Waals surface area contributed by atoms with Crippen LogP contribution in [-0.2, 0) is 11.2 Å². The molecule has 0 fully saturated rings. The highest BCUT2D eigenvalue weighted by atomic mass is 32.2. The summed E-state index contributed by atoms with van der Waals surface area (Å²) in [4.78, 5) is 29.2. The first-order valence-corrected chi connectivity index (χ1v) is 9.41. The molecule has 2 heterocycles. The van der Waals surface area contributed by atoms with Gasteiger partial charge >= 0.3 is 0 Å². The average Bonchev–Trinajstić information content (AvgIpc) is 3.33. The third kappa shape index (κ3) is 3.43. The van der Waals surface area contributed by atoms with Crippen molar-refractivity contribution in [2.75, 3.05) is 17.2 Å². The molecule has 0 N–H and O–H groups in total. The molecule has 3 aromatic rings. The number of carbonyl (C=O) groups is 1. The number of nitro groups is 1. The van der Waals surface area contributed by atoms with E-state index < -0.39 is 4.92 Å². The molecule has 136 valence electrons. The van der Waals surface area contributed by atoms with Crippen LogP contribution in [0.25, 0.3) is 5.69 Å². The fourth-order valence-corrected chi connectivity index (χ4v) is 3.98. The first kappa shape index (κ1) is 17.3. The van der Waals surface area contributed by atoms with Crippen LogP contribution in [0.4, 0.5) is 11.4 Å². The van der Waals surface area contributed by atoms with E-state index in [0.29, 0.717) is 11.7 Å². The molecule has 0 spiro atoms. The quantitative estimate of drug-likeness (QED) is 0.385. The van der Waals surface area contributed by atoms with E-state index in [0.717, 1.165) is 17.8 Å². The van der Waals surface area contributed by atoms with Gasteiger partial charge in [-0.05, 0) is 30.2 Å². The number of fused-ring (bicyclic) bond motifs is 1. The lowest BCUT2D eigenvalue weighted by atomic mass is 10.2. The summed E-state index contributed by atoms with van der Waals surface area (Å²) in [5.74, 6) is 0.321. The van der Waals surface area contributed by atoms with Crippen molar-refractivity contribution in [1.82, 2.24) is 9.55 Å². The first-order chi connectivity index (χ1) is 13.1. The number of hydrogen-bond acceptors (Lipinski definition) is 5. The predicted molar refractivity (Wildman–Crippen MR) is 103 cm³/mol. The van der Waals surface area contributed by atoms with Crippen molar-refractivity contribution in [3.05, 3.63) is 76.6 Å². The lowest BCUT2D eigenvalue weighted by Crippen LogP contribution is -2.30. The van der Waals surface area contributed by atoms with Gasteiger partial charge in [-0.15, -0.1) is 0 Å². The van der Waals surface area contributed by atoms with E-state index in [1.165, 1.54) is 29.5 Å². The molecule has 0 unspecified atom stereocenters. The number of thioether (sulfide) groups is 1. The van der Waals surface area contributed by atoms with Crippen LogP contribution in [0, 0.1) is 10.1 Å². The molecule has 1 amide bonds. The number of aromatic nitrogens is 2. The van der Waals surface area contributed by atoms with Gasteiger partial charge in [0.2, 0.25) is 5.91 Å².